The third kappa shape index (κ3) is 3.58. The second-order valence-electron chi connectivity index (χ2n) is 6.56. The fourth-order valence-corrected chi connectivity index (χ4v) is 3.06. The molecule has 4 heteroatoms. The summed E-state index contributed by atoms with van der Waals surface area (Å²) in [5.41, 5.74) is 2.44. The lowest BCUT2D eigenvalue weighted by Crippen LogP contribution is -2.13. The van der Waals surface area contributed by atoms with E-state index in [1.54, 1.807) is 13.2 Å². The number of methoxy groups -OCH3 is 1. The van der Waals surface area contributed by atoms with Crippen LogP contribution in [0.25, 0.3) is 0 Å². The van der Waals surface area contributed by atoms with Crippen LogP contribution in [0.3, 0.4) is 0 Å². The molecular formula is C20H24O4. The molecule has 1 N–H and O–H groups in total. The summed E-state index contributed by atoms with van der Waals surface area (Å²) in [5, 5.41) is 9.70. The Bertz CT molecular complexity index is 694. The number of rotatable bonds is 6. The average Bonchev–Trinajstić information content (AvgIpc) is 3.04. The predicted molar refractivity (Wildman–Crippen MR) is 93.0 cm³/mol. The molecule has 0 aromatic heterocycles. The minimum Gasteiger partial charge on any atom is -0.504 e. The van der Waals surface area contributed by atoms with E-state index in [1.807, 2.05) is 18.2 Å². The van der Waals surface area contributed by atoms with Crippen molar-refractivity contribution in [2.75, 3.05) is 13.9 Å². The van der Waals surface area contributed by atoms with E-state index in [1.165, 1.54) is 11.1 Å². The molecule has 0 spiro atoms. The molecule has 0 saturated heterocycles. The summed E-state index contributed by atoms with van der Waals surface area (Å²) in [6, 6.07) is 11.7. The van der Waals surface area contributed by atoms with Gasteiger partial charge < -0.3 is 19.3 Å². The van der Waals surface area contributed by atoms with Crippen molar-refractivity contribution in [3.63, 3.8) is 0 Å². The minimum absolute atomic E-state index is 0.183. The van der Waals surface area contributed by atoms with Crippen LogP contribution in [0.1, 0.15) is 25.0 Å². The SMILES string of the molecule is COc1cc(C[C@@H](C)[C@H](C)Cc2ccc3c(c2)OCO3)ccc1O. The van der Waals surface area contributed by atoms with Crippen LogP contribution in [-0.2, 0) is 12.8 Å². The molecule has 0 aliphatic carbocycles. The highest BCUT2D eigenvalue weighted by molar-refractivity contribution is 5.44. The Kier molecular flexibility index (Phi) is 4.84. The third-order valence-corrected chi connectivity index (χ3v) is 4.77. The van der Waals surface area contributed by atoms with Crippen LogP contribution in [0.15, 0.2) is 36.4 Å². The maximum absolute atomic E-state index is 9.70. The zero-order chi connectivity index (χ0) is 17.1. The van der Waals surface area contributed by atoms with Crippen LogP contribution < -0.4 is 14.2 Å². The lowest BCUT2D eigenvalue weighted by Gasteiger charge is -2.20. The molecule has 1 aliphatic rings. The molecule has 0 unspecified atom stereocenters. The van der Waals surface area contributed by atoms with E-state index in [-0.39, 0.29) is 5.75 Å². The van der Waals surface area contributed by atoms with E-state index in [4.69, 9.17) is 14.2 Å². The quantitative estimate of drug-likeness (QED) is 0.864. The summed E-state index contributed by atoms with van der Waals surface area (Å²) < 4.78 is 16.0. The van der Waals surface area contributed by atoms with Crippen LogP contribution in [0.4, 0.5) is 0 Å². The number of hydrogen-bond donors (Lipinski definition) is 1. The highest BCUT2D eigenvalue weighted by Gasteiger charge is 2.17. The summed E-state index contributed by atoms with van der Waals surface area (Å²) in [4.78, 5) is 0. The summed E-state index contributed by atoms with van der Waals surface area (Å²) in [6.45, 7) is 4.84. The Balaban J connectivity index is 1.63. The summed E-state index contributed by atoms with van der Waals surface area (Å²) in [6.07, 6.45) is 1.94. The van der Waals surface area contributed by atoms with Crippen LogP contribution in [0.5, 0.6) is 23.0 Å². The molecule has 4 nitrogen and oxygen atoms in total. The molecule has 0 amide bonds. The van der Waals surface area contributed by atoms with Crippen molar-refractivity contribution >= 4 is 0 Å². The van der Waals surface area contributed by atoms with Crippen molar-refractivity contribution in [1.82, 2.24) is 0 Å². The largest absolute Gasteiger partial charge is 0.504 e. The van der Waals surface area contributed by atoms with E-state index < -0.39 is 0 Å². The van der Waals surface area contributed by atoms with Crippen molar-refractivity contribution in [1.29, 1.82) is 0 Å². The van der Waals surface area contributed by atoms with Gasteiger partial charge in [0.15, 0.2) is 23.0 Å². The van der Waals surface area contributed by atoms with Gasteiger partial charge in [0.2, 0.25) is 6.79 Å². The minimum atomic E-state index is 0.183. The van der Waals surface area contributed by atoms with Gasteiger partial charge in [-0.05, 0) is 60.1 Å². The second-order valence-corrected chi connectivity index (χ2v) is 6.56. The van der Waals surface area contributed by atoms with E-state index in [0.717, 1.165) is 24.3 Å². The Labute approximate surface area is 143 Å². The highest BCUT2D eigenvalue weighted by Crippen LogP contribution is 2.34. The number of fused-ring (bicyclic) bond motifs is 1. The smallest absolute Gasteiger partial charge is 0.231 e. The van der Waals surface area contributed by atoms with Crippen molar-refractivity contribution < 1.29 is 19.3 Å². The van der Waals surface area contributed by atoms with E-state index >= 15 is 0 Å². The molecule has 2 aromatic rings. The van der Waals surface area contributed by atoms with E-state index in [2.05, 4.69) is 26.0 Å². The first-order valence-electron chi connectivity index (χ1n) is 8.31. The Hall–Kier alpha value is -2.36. The van der Waals surface area contributed by atoms with Crippen molar-refractivity contribution in [3.8, 4) is 23.0 Å². The third-order valence-electron chi connectivity index (χ3n) is 4.77. The molecule has 1 heterocycles. The first-order chi connectivity index (χ1) is 11.6. The monoisotopic (exact) mass is 328 g/mol. The zero-order valence-corrected chi connectivity index (χ0v) is 14.4. The van der Waals surface area contributed by atoms with Gasteiger partial charge in [0.25, 0.3) is 0 Å². The maximum Gasteiger partial charge on any atom is 0.231 e. The van der Waals surface area contributed by atoms with E-state index in [0.29, 0.717) is 24.4 Å². The molecule has 3 rings (SSSR count). The number of aromatic hydroxyl groups is 1. The fourth-order valence-electron chi connectivity index (χ4n) is 3.06. The molecule has 0 bridgehead atoms. The number of benzene rings is 2. The predicted octanol–water partition coefficient (Wildman–Crippen LogP) is 4.19. The van der Waals surface area contributed by atoms with Crippen molar-refractivity contribution in [2.45, 2.75) is 26.7 Å². The average molecular weight is 328 g/mol. The number of ether oxygens (including phenoxy) is 3. The topological polar surface area (TPSA) is 47.9 Å². The van der Waals surface area contributed by atoms with Gasteiger partial charge in [0.05, 0.1) is 7.11 Å². The van der Waals surface area contributed by atoms with E-state index in [9.17, 15) is 5.11 Å². The number of phenols is 1. The van der Waals surface area contributed by atoms with Gasteiger partial charge >= 0.3 is 0 Å². The van der Waals surface area contributed by atoms with Crippen LogP contribution in [0.2, 0.25) is 0 Å². The molecule has 1 aliphatic heterocycles. The molecule has 0 saturated carbocycles. The van der Waals surface area contributed by atoms with Gasteiger partial charge in [0, 0.05) is 0 Å². The molecule has 2 atom stereocenters. The maximum atomic E-state index is 9.70. The molecule has 128 valence electrons. The fraction of sp³-hybridized carbons (Fsp3) is 0.400. The van der Waals surface area contributed by atoms with Crippen molar-refractivity contribution in [2.24, 2.45) is 11.8 Å². The van der Waals surface area contributed by atoms with Gasteiger partial charge in [-0.3, -0.25) is 0 Å². The number of phenolic OH excluding ortho intramolecular Hbond substituents is 1. The van der Waals surface area contributed by atoms with Crippen molar-refractivity contribution in [3.05, 3.63) is 47.5 Å². The lowest BCUT2D eigenvalue weighted by atomic mass is 9.85. The Morgan fingerprint density at radius 3 is 2.29 bits per heavy atom. The van der Waals surface area contributed by atoms with Gasteiger partial charge in [-0.2, -0.15) is 0 Å². The van der Waals surface area contributed by atoms with Gasteiger partial charge in [-0.25, -0.2) is 0 Å². The van der Waals surface area contributed by atoms with Gasteiger partial charge in [-0.1, -0.05) is 26.0 Å². The second kappa shape index (κ2) is 7.04. The van der Waals surface area contributed by atoms with Gasteiger partial charge in [-0.15, -0.1) is 0 Å². The van der Waals surface area contributed by atoms with Gasteiger partial charge in [0.1, 0.15) is 0 Å². The van der Waals surface area contributed by atoms with Crippen LogP contribution >= 0.6 is 0 Å². The van der Waals surface area contributed by atoms with Crippen LogP contribution in [0, 0.1) is 11.8 Å². The standard InChI is InChI=1S/C20H24O4/c1-13(8-15-4-6-17(21)19(10-15)22-3)14(2)9-16-5-7-18-20(11-16)24-12-23-18/h4-7,10-11,13-14,21H,8-9,12H2,1-3H3/t13-,14-/m1/s1. The molecule has 24 heavy (non-hydrogen) atoms. The Morgan fingerprint density at radius 2 is 1.58 bits per heavy atom. The summed E-state index contributed by atoms with van der Waals surface area (Å²) in [7, 11) is 1.57. The zero-order valence-electron chi connectivity index (χ0n) is 14.4. The molecule has 2 aromatic carbocycles. The summed E-state index contributed by atoms with van der Waals surface area (Å²) in [5.74, 6) is 3.41. The first-order valence-corrected chi connectivity index (χ1v) is 8.31. The number of hydrogen-bond acceptors (Lipinski definition) is 4. The molecule has 0 fully saturated rings. The molecule has 0 radical (unpaired) electrons. The molecular weight excluding hydrogens is 304 g/mol. The lowest BCUT2D eigenvalue weighted by molar-refractivity contribution is 0.174. The Morgan fingerprint density at radius 1 is 0.958 bits per heavy atom. The normalized spacial score (nSPS) is 15.1. The highest BCUT2D eigenvalue weighted by atomic mass is 16.7. The summed E-state index contributed by atoms with van der Waals surface area (Å²) >= 11 is 0. The van der Waals surface area contributed by atoms with Crippen LogP contribution in [-0.4, -0.2) is 19.0 Å². The first kappa shape index (κ1) is 16.5.